The number of pyridine rings is 1. The van der Waals surface area contributed by atoms with E-state index in [0.29, 0.717) is 33.2 Å². The number of methoxy groups -OCH3 is 1. The van der Waals surface area contributed by atoms with Crippen molar-refractivity contribution in [2.75, 3.05) is 12.4 Å². The summed E-state index contributed by atoms with van der Waals surface area (Å²) in [6.45, 7) is 3.79. The molecule has 4 rings (SSSR count). The van der Waals surface area contributed by atoms with Crippen molar-refractivity contribution in [3.8, 4) is 5.75 Å². The van der Waals surface area contributed by atoms with Gasteiger partial charge in [-0.2, -0.15) is 0 Å². The first-order valence-electron chi connectivity index (χ1n) is 9.61. The number of carbonyl (C=O) groups is 1. The molecule has 1 N–H and O–H groups in total. The summed E-state index contributed by atoms with van der Waals surface area (Å²) in [6.07, 6.45) is 0. The normalized spacial score (nSPS) is 11.5. The van der Waals surface area contributed by atoms with Crippen LogP contribution < -0.4 is 15.6 Å². The zero-order chi connectivity index (χ0) is 22.0. The maximum atomic E-state index is 13.1. The fraction of sp³-hybridized carbons (Fsp3) is 0.125. The number of hydrogen-bond acceptors (Lipinski definition) is 5. The second-order valence-corrected chi connectivity index (χ2v) is 7.44. The second kappa shape index (κ2) is 8.62. The van der Waals surface area contributed by atoms with Crippen molar-refractivity contribution in [1.82, 2.24) is 4.98 Å². The maximum absolute atomic E-state index is 13.1. The summed E-state index contributed by atoms with van der Waals surface area (Å²) in [6, 6.07) is 18.0. The van der Waals surface area contributed by atoms with E-state index in [-0.39, 0.29) is 11.1 Å². The molecule has 4 aromatic rings. The van der Waals surface area contributed by atoms with Gasteiger partial charge < -0.3 is 14.5 Å². The molecule has 0 aliphatic heterocycles. The Bertz CT molecular complexity index is 1360. The maximum Gasteiger partial charge on any atom is 0.262 e. The number of hydrogen-bond donors (Lipinski definition) is 1. The molecule has 0 aliphatic rings. The molecule has 0 atom stereocenters. The predicted molar refractivity (Wildman–Crippen MR) is 121 cm³/mol. The highest BCUT2D eigenvalue weighted by Gasteiger charge is 2.16. The van der Waals surface area contributed by atoms with E-state index in [1.54, 1.807) is 37.4 Å². The number of ether oxygens (including phenoxy) is 1. The lowest BCUT2D eigenvalue weighted by Crippen LogP contribution is -2.22. The highest BCUT2D eigenvalue weighted by Crippen LogP contribution is 2.27. The highest BCUT2D eigenvalue weighted by molar-refractivity contribution is 6.33. The molecule has 0 fully saturated rings. The fourth-order valence-corrected chi connectivity index (χ4v) is 3.42. The van der Waals surface area contributed by atoms with Gasteiger partial charge in [0.2, 0.25) is 5.55 Å². The molecule has 7 heteroatoms. The number of aryl methyl sites for hydroxylation is 2. The van der Waals surface area contributed by atoms with Crippen molar-refractivity contribution in [2.24, 2.45) is 4.99 Å². The minimum Gasteiger partial charge on any atom is -0.493 e. The summed E-state index contributed by atoms with van der Waals surface area (Å²) in [7, 11) is 1.56. The van der Waals surface area contributed by atoms with Crippen LogP contribution in [-0.2, 0) is 0 Å². The van der Waals surface area contributed by atoms with Crippen LogP contribution in [0, 0.1) is 13.8 Å². The van der Waals surface area contributed by atoms with Crippen molar-refractivity contribution >= 4 is 40.0 Å². The molecule has 0 bridgehead atoms. The van der Waals surface area contributed by atoms with E-state index in [1.807, 2.05) is 44.2 Å². The third-order valence-electron chi connectivity index (χ3n) is 4.66. The van der Waals surface area contributed by atoms with Gasteiger partial charge in [0, 0.05) is 11.1 Å². The van der Waals surface area contributed by atoms with Gasteiger partial charge in [0.15, 0.2) is 11.3 Å². The van der Waals surface area contributed by atoms with Gasteiger partial charge in [0.1, 0.15) is 11.4 Å². The summed E-state index contributed by atoms with van der Waals surface area (Å²) in [5.74, 6) is 0.583. The Kier molecular flexibility index (Phi) is 5.73. The van der Waals surface area contributed by atoms with Crippen molar-refractivity contribution in [3.63, 3.8) is 0 Å². The van der Waals surface area contributed by atoms with Crippen molar-refractivity contribution in [3.05, 3.63) is 88.1 Å². The molecule has 0 saturated heterocycles. The van der Waals surface area contributed by atoms with Crippen LogP contribution in [0.2, 0.25) is 5.02 Å². The molecule has 31 heavy (non-hydrogen) atoms. The smallest absolute Gasteiger partial charge is 0.262 e. The van der Waals surface area contributed by atoms with E-state index in [4.69, 9.17) is 20.8 Å². The average Bonchev–Trinajstić information content (AvgIpc) is 2.74. The Morgan fingerprint density at radius 3 is 2.65 bits per heavy atom. The largest absolute Gasteiger partial charge is 0.493 e. The summed E-state index contributed by atoms with van der Waals surface area (Å²) in [4.78, 5) is 22.0. The van der Waals surface area contributed by atoms with Gasteiger partial charge in [-0.25, -0.2) is 9.98 Å². The number of nitrogens with zero attached hydrogens (tertiary/aromatic N) is 2. The molecule has 0 saturated carbocycles. The Hall–Kier alpha value is -3.64. The molecule has 2 heterocycles. The fourth-order valence-electron chi connectivity index (χ4n) is 3.14. The monoisotopic (exact) mass is 433 g/mol. The van der Waals surface area contributed by atoms with Gasteiger partial charge >= 0.3 is 0 Å². The second-order valence-electron chi connectivity index (χ2n) is 7.03. The Morgan fingerprint density at radius 1 is 1.10 bits per heavy atom. The Morgan fingerprint density at radius 2 is 1.90 bits per heavy atom. The molecule has 1 amide bonds. The quantitative estimate of drug-likeness (QED) is 0.455. The van der Waals surface area contributed by atoms with E-state index in [9.17, 15) is 4.79 Å². The first kappa shape index (κ1) is 20.6. The number of aromatic nitrogens is 1. The summed E-state index contributed by atoms with van der Waals surface area (Å²) < 4.78 is 11.5. The first-order chi connectivity index (χ1) is 14.9. The molecule has 2 aromatic heterocycles. The van der Waals surface area contributed by atoms with Crippen LogP contribution in [0.15, 0.2) is 70.1 Å². The molecule has 0 spiro atoms. The van der Waals surface area contributed by atoms with Gasteiger partial charge in [0.25, 0.3) is 5.91 Å². The van der Waals surface area contributed by atoms with Crippen LogP contribution in [0.5, 0.6) is 5.75 Å². The number of amides is 1. The molecular formula is C24H20ClN3O3. The van der Waals surface area contributed by atoms with E-state index in [1.165, 1.54) is 0 Å². The van der Waals surface area contributed by atoms with Gasteiger partial charge in [-0.1, -0.05) is 35.9 Å². The molecule has 0 radical (unpaired) electrons. The van der Waals surface area contributed by atoms with E-state index >= 15 is 0 Å². The van der Waals surface area contributed by atoms with Gasteiger partial charge in [-0.15, -0.1) is 0 Å². The van der Waals surface area contributed by atoms with Crippen LogP contribution in [0.3, 0.4) is 0 Å². The van der Waals surface area contributed by atoms with Gasteiger partial charge in [0.05, 0.1) is 17.8 Å². The number of rotatable bonds is 4. The molecule has 156 valence electrons. The van der Waals surface area contributed by atoms with E-state index in [0.717, 1.165) is 11.3 Å². The molecular weight excluding hydrogens is 414 g/mol. The number of anilines is 1. The topological polar surface area (TPSA) is 76.7 Å². The number of halogens is 1. The van der Waals surface area contributed by atoms with Crippen molar-refractivity contribution < 1.29 is 13.9 Å². The summed E-state index contributed by atoms with van der Waals surface area (Å²) in [5, 5.41) is 3.97. The minimum absolute atomic E-state index is 0.118. The third-order valence-corrected chi connectivity index (χ3v) is 4.96. The third kappa shape index (κ3) is 4.44. The number of fused-ring (bicyclic) bond motifs is 1. The minimum atomic E-state index is -0.395. The van der Waals surface area contributed by atoms with Crippen LogP contribution in [0.25, 0.3) is 11.0 Å². The zero-order valence-corrected chi connectivity index (χ0v) is 18.0. The lowest BCUT2D eigenvalue weighted by molar-refractivity contribution is 0.102. The van der Waals surface area contributed by atoms with Crippen LogP contribution in [0.1, 0.15) is 21.6 Å². The van der Waals surface area contributed by atoms with E-state index in [2.05, 4.69) is 15.3 Å². The van der Waals surface area contributed by atoms with Gasteiger partial charge in [-0.05, 0) is 55.8 Å². The van der Waals surface area contributed by atoms with Gasteiger partial charge in [-0.3, -0.25) is 4.79 Å². The summed E-state index contributed by atoms with van der Waals surface area (Å²) in [5.41, 5.74) is 3.14. The molecule has 6 nitrogen and oxygen atoms in total. The average molecular weight is 434 g/mol. The zero-order valence-electron chi connectivity index (χ0n) is 17.3. The van der Waals surface area contributed by atoms with Crippen LogP contribution >= 0.6 is 11.6 Å². The van der Waals surface area contributed by atoms with E-state index < -0.39 is 5.91 Å². The Labute approximate surface area is 184 Å². The predicted octanol–water partition coefficient (Wildman–Crippen LogP) is 5.59. The highest BCUT2D eigenvalue weighted by atomic mass is 35.5. The SMILES string of the molecule is COc1cccc2cc(C(=O)Nc3cccc(C)n3)c(=Nc3ccc(C)cc3Cl)oc12. The number of nitrogens with one attached hydrogen (secondary N) is 1. The van der Waals surface area contributed by atoms with Crippen molar-refractivity contribution in [2.45, 2.75) is 13.8 Å². The standard InChI is InChI=1S/C24H20ClN3O3/c1-14-10-11-19(18(25)12-14)27-24-17(23(29)28-21-9-4-6-15(2)26-21)13-16-7-5-8-20(30-3)22(16)31-24/h4-13H,1-3H3,(H,26,28,29). The number of benzene rings is 2. The lowest BCUT2D eigenvalue weighted by Gasteiger charge is -2.09. The Balaban J connectivity index is 1.91. The van der Waals surface area contributed by atoms with Crippen molar-refractivity contribution in [1.29, 1.82) is 0 Å². The number of carbonyl (C=O) groups excluding carboxylic acids is 1. The van der Waals surface area contributed by atoms with Crippen LogP contribution in [0.4, 0.5) is 11.5 Å². The first-order valence-corrected chi connectivity index (χ1v) is 9.99. The molecule has 0 aliphatic carbocycles. The van der Waals surface area contributed by atoms with Crippen LogP contribution in [-0.4, -0.2) is 18.0 Å². The summed E-state index contributed by atoms with van der Waals surface area (Å²) >= 11 is 6.36. The number of para-hydroxylation sites is 1. The molecule has 0 unspecified atom stereocenters. The lowest BCUT2D eigenvalue weighted by atomic mass is 10.1. The molecule has 2 aromatic carbocycles.